The first-order chi connectivity index (χ1) is 10.7. The van der Waals surface area contributed by atoms with E-state index in [0.29, 0.717) is 35.8 Å². The summed E-state index contributed by atoms with van der Waals surface area (Å²) in [6, 6.07) is 10.8. The molecule has 0 N–H and O–H groups in total. The van der Waals surface area contributed by atoms with Gasteiger partial charge in [0.2, 0.25) is 0 Å². The molecule has 0 saturated heterocycles. The van der Waals surface area contributed by atoms with Crippen LogP contribution in [0, 0.1) is 0 Å². The Morgan fingerprint density at radius 3 is 2.68 bits per heavy atom. The highest BCUT2D eigenvalue weighted by Gasteiger charge is 2.17. The molecule has 0 unspecified atom stereocenters. The van der Waals surface area contributed by atoms with Crippen LogP contribution >= 0.6 is 0 Å². The predicted molar refractivity (Wildman–Crippen MR) is 83.2 cm³/mol. The second-order valence-electron chi connectivity index (χ2n) is 5.05. The number of ether oxygens (including phenoxy) is 3. The second-order valence-corrected chi connectivity index (χ2v) is 5.05. The van der Waals surface area contributed by atoms with E-state index in [1.54, 1.807) is 31.4 Å². The van der Waals surface area contributed by atoms with Crippen LogP contribution in [0.15, 0.2) is 36.4 Å². The molecule has 2 aromatic carbocycles. The highest BCUT2D eigenvalue weighted by Crippen LogP contribution is 2.30. The van der Waals surface area contributed by atoms with Crippen molar-refractivity contribution >= 4 is 5.78 Å². The average molecular weight is 298 g/mol. The van der Waals surface area contributed by atoms with E-state index in [1.165, 1.54) is 0 Å². The van der Waals surface area contributed by atoms with Crippen LogP contribution in [-0.2, 0) is 6.42 Å². The molecule has 1 aliphatic rings. The summed E-state index contributed by atoms with van der Waals surface area (Å²) in [6.45, 7) is 3.10. The van der Waals surface area contributed by atoms with Crippen molar-refractivity contribution in [1.82, 2.24) is 0 Å². The van der Waals surface area contributed by atoms with Crippen molar-refractivity contribution in [1.29, 1.82) is 0 Å². The van der Waals surface area contributed by atoms with E-state index >= 15 is 0 Å². The van der Waals surface area contributed by atoms with Gasteiger partial charge in [0.1, 0.15) is 5.75 Å². The van der Waals surface area contributed by atoms with E-state index in [1.807, 2.05) is 19.1 Å². The van der Waals surface area contributed by atoms with Crippen LogP contribution < -0.4 is 14.2 Å². The molecule has 0 aliphatic carbocycles. The van der Waals surface area contributed by atoms with Gasteiger partial charge in [-0.25, -0.2) is 0 Å². The van der Waals surface area contributed by atoms with E-state index in [4.69, 9.17) is 14.2 Å². The summed E-state index contributed by atoms with van der Waals surface area (Å²) >= 11 is 0. The van der Waals surface area contributed by atoms with Gasteiger partial charge in [-0.2, -0.15) is 0 Å². The van der Waals surface area contributed by atoms with Gasteiger partial charge in [-0.05, 0) is 48.9 Å². The third-order valence-electron chi connectivity index (χ3n) is 3.68. The fourth-order valence-electron chi connectivity index (χ4n) is 2.58. The molecule has 0 amide bonds. The van der Waals surface area contributed by atoms with Gasteiger partial charge in [0, 0.05) is 17.5 Å². The third-order valence-corrected chi connectivity index (χ3v) is 3.68. The Bertz CT molecular complexity index is 706. The number of fused-ring (bicyclic) bond motifs is 1. The Morgan fingerprint density at radius 2 is 1.91 bits per heavy atom. The zero-order valence-electron chi connectivity index (χ0n) is 12.7. The molecule has 0 saturated carbocycles. The number of methoxy groups -OCH3 is 1. The van der Waals surface area contributed by atoms with Crippen molar-refractivity contribution in [2.45, 2.75) is 13.3 Å². The largest absolute Gasteiger partial charge is 0.493 e. The summed E-state index contributed by atoms with van der Waals surface area (Å²) in [4.78, 5) is 12.7. The van der Waals surface area contributed by atoms with Crippen LogP contribution in [0.5, 0.6) is 17.2 Å². The van der Waals surface area contributed by atoms with Crippen molar-refractivity contribution in [3.8, 4) is 17.2 Å². The molecule has 0 radical (unpaired) electrons. The highest BCUT2D eigenvalue weighted by molar-refractivity contribution is 6.09. The minimum Gasteiger partial charge on any atom is -0.493 e. The number of carbonyl (C=O) groups is 1. The summed E-state index contributed by atoms with van der Waals surface area (Å²) in [5, 5.41) is 0. The summed E-state index contributed by atoms with van der Waals surface area (Å²) in [5.74, 6) is 2.06. The Balaban J connectivity index is 1.93. The van der Waals surface area contributed by atoms with Crippen LogP contribution in [0.1, 0.15) is 28.4 Å². The zero-order valence-corrected chi connectivity index (χ0v) is 12.7. The molecule has 4 nitrogen and oxygen atoms in total. The number of benzene rings is 2. The number of hydrogen-bond donors (Lipinski definition) is 0. The Morgan fingerprint density at radius 1 is 1.14 bits per heavy atom. The van der Waals surface area contributed by atoms with Gasteiger partial charge in [0.05, 0.1) is 20.3 Å². The normalized spacial score (nSPS) is 12.5. The van der Waals surface area contributed by atoms with E-state index in [0.717, 1.165) is 17.7 Å². The molecule has 0 bridgehead atoms. The Hall–Kier alpha value is -2.49. The summed E-state index contributed by atoms with van der Waals surface area (Å²) in [7, 11) is 1.58. The lowest BCUT2D eigenvalue weighted by Crippen LogP contribution is -2.03. The van der Waals surface area contributed by atoms with Crippen LogP contribution in [0.25, 0.3) is 0 Å². The number of rotatable bonds is 5. The molecule has 0 spiro atoms. The first kappa shape index (κ1) is 14.4. The fourth-order valence-corrected chi connectivity index (χ4v) is 2.58. The van der Waals surface area contributed by atoms with E-state index in [9.17, 15) is 4.79 Å². The van der Waals surface area contributed by atoms with Crippen LogP contribution in [0.4, 0.5) is 0 Å². The maximum absolute atomic E-state index is 12.7. The van der Waals surface area contributed by atoms with Gasteiger partial charge < -0.3 is 14.2 Å². The lowest BCUT2D eigenvalue weighted by atomic mass is 10.00. The molecule has 0 aromatic heterocycles. The minimum atomic E-state index is -0.0293. The van der Waals surface area contributed by atoms with Crippen LogP contribution in [0.2, 0.25) is 0 Å². The predicted octanol–water partition coefficient (Wildman–Crippen LogP) is 3.26. The van der Waals surface area contributed by atoms with Crippen molar-refractivity contribution in [3.05, 3.63) is 53.1 Å². The minimum absolute atomic E-state index is 0.0293. The van der Waals surface area contributed by atoms with Gasteiger partial charge in [-0.15, -0.1) is 0 Å². The molecule has 0 atom stereocenters. The number of carbonyl (C=O) groups excluding carboxylic acids is 1. The molecule has 2 aromatic rings. The number of ketones is 1. The SMILES string of the molecule is CCOc1cc(C(=O)c2ccc3c(c2)CCO3)ccc1OC. The van der Waals surface area contributed by atoms with E-state index in [2.05, 4.69) is 0 Å². The van der Waals surface area contributed by atoms with Crippen molar-refractivity contribution in [2.75, 3.05) is 20.3 Å². The highest BCUT2D eigenvalue weighted by atomic mass is 16.5. The fraction of sp³-hybridized carbons (Fsp3) is 0.278. The zero-order chi connectivity index (χ0) is 15.5. The first-order valence-electron chi connectivity index (χ1n) is 7.34. The molecule has 1 aliphatic heterocycles. The first-order valence-corrected chi connectivity index (χ1v) is 7.34. The van der Waals surface area contributed by atoms with E-state index < -0.39 is 0 Å². The third kappa shape index (κ3) is 2.64. The maximum atomic E-state index is 12.7. The van der Waals surface area contributed by atoms with Gasteiger partial charge in [-0.1, -0.05) is 0 Å². The van der Waals surface area contributed by atoms with Gasteiger partial charge in [-0.3, -0.25) is 4.79 Å². The van der Waals surface area contributed by atoms with Crippen molar-refractivity contribution in [3.63, 3.8) is 0 Å². The molecule has 4 heteroatoms. The van der Waals surface area contributed by atoms with Crippen molar-refractivity contribution in [2.24, 2.45) is 0 Å². The molecule has 1 heterocycles. The number of hydrogen-bond acceptors (Lipinski definition) is 4. The van der Waals surface area contributed by atoms with Gasteiger partial charge >= 0.3 is 0 Å². The summed E-state index contributed by atoms with van der Waals surface area (Å²) in [6.07, 6.45) is 0.850. The monoisotopic (exact) mass is 298 g/mol. The quantitative estimate of drug-likeness (QED) is 0.795. The molecular formula is C18H18O4. The maximum Gasteiger partial charge on any atom is 0.193 e. The average Bonchev–Trinajstić information content (AvgIpc) is 3.02. The van der Waals surface area contributed by atoms with Crippen LogP contribution in [-0.4, -0.2) is 26.1 Å². The lowest BCUT2D eigenvalue weighted by Gasteiger charge is -2.11. The molecule has 22 heavy (non-hydrogen) atoms. The summed E-state index contributed by atoms with van der Waals surface area (Å²) < 4.78 is 16.2. The molecule has 3 rings (SSSR count). The van der Waals surface area contributed by atoms with Crippen LogP contribution in [0.3, 0.4) is 0 Å². The van der Waals surface area contributed by atoms with Crippen molar-refractivity contribution < 1.29 is 19.0 Å². The molecular weight excluding hydrogens is 280 g/mol. The molecule has 114 valence electrons. The van der Waals surface area contributed by atoms with Gasteiger partial charge in [0.15, 0.2) is 17.3 Å². The molecule has 0 fully saturated rings. The standard InChI is InChI=1S/C18H18O4/c1-3-21-17-11-14(5-7-16(17)20-2)18(19)13-4-6-15-12(10-13)8-9-22-15/h4-7,10-11H,3,8-9H2,1-2H3. The topological polar surface area (TPSA) is 44.8 Å². The van der Waals surface area contributed by atoms with Gasteiger partial charge in [0.25, 0.3) is 0 Å². The lowest BCUT2D eigenvalue weighted by molar-refractivity contribution is 0.103. The smallest absolute Gasteiger partial charge is 0.193 e. The summed E-state index contributed by atoms with van der Waals surface area (Å²) in [5.41, 5.74) is 2.34. The van der Waals surface area contributed by atoms with E-state index in [-0.39, 0.29) is 5.78 Å². The Labute approximate surface area is 129 Å². The second kappa shape index (κ2) is 6.10. The Kier molecular flexibility index (Phi) is 4.00.